The number of para-hydroxylation sites is 1. The molecule has 6 rings (SSSR count). The number of rotatable bonds is 6. The van der Waals surface area contributed by atoms with Gasteiger partial charge in [-0.25, -0.2) is 0 Å². The SMILES string of the molecule is CNC(=O)C(c1ccc(-c2ccccc2)cc1)C1CCC(C2NC(C(N)=O)Cc3c2[nH]c2ccccc32)CC1. The first kappa shape index (κ1) is 25.4. The largest absolute Gasteiger partial charge is 0.368 e. The van der Waals surface area contributed by atoms with Gasteiger partial charge in [0.05, 0.1) is 18.0 Å². The summed E-state index contributed by atoms with van der Waals surface area (Å²) in [6.45, 7) is 0. The van der Waals surface area contributed by atoms with Gasteiger partial charge in [0.25, 0.3) is 0 Å². The van der Waals surface area contributed by atoms with E-state index in [1.165, 1.54) is 22.2 Å². The average Bonchev–Trinajstić information content (AvgIpc) is 3.36. The highest BCUT2D eigenvalue weighted by molar-refractivity contribution is 5.88. The lowest BCUT2D eigenvalue weighted by atomic mass is 9.70. The van der Waals surface area contributed by atoms with Crippen molar-refractivity contribution in [3.05, 3.63) is 95.7 Å². The second kappa shape index (κ2) is 10.7. The number of amides is 2. The Morgan fingerprint density at radius 3 is 2.23 bits per heavy atom. The molecule has 39 heavy (non-hydrogen) atoms. The van der Waals surface area contributed by atoms with E-state index in [0.717, 1.165) is 42.3 Å². The van der Waals surface area contributed by atoms with Crippen molar-refractivity contribution in [1.82, 2.24) is 15.6 Å². The molecular formula is C33H36N4O2. The first-order chi connectivity index (χ1) is 19.0. The summed E-state index contributed by atoms with van der Waals surface area (Å²) in [5, 5.41) is 7.68. The molecule has 1 aliphatic carbocycles. The predicted molar refractivity (Wildman–Crippen MR) is 155 cm³/mol. The Balaban J connectivity index is 1.22. The van der Waals surface area contributed by atoms with Crippen molar-refractivity contribution in [1.29, 1.82) is 0 Å². The number of hydrogen-bond donors (Lipinski definition) is 4. The van der Waals surface area contributed by atoms with Crippen LogP contribution in [-0.2, 0) is 16.0 Å². The summed E-state index contributed by atoms with van der Waals surface area (Å²) < 4.78 is 0. The lowest BCUT2D eigenvalue weighted by Gasteiger charge is -2.40. The molecule has 1 aromatic heterocycles. The molecule has 3 aromatic carbocycles. The van der Waals surface area contributed by atoms with E-state index in [0.29, 0.717) is 12.3 Å². The van der Waals surface area contributed by atoms with Crippen molar-refractivity contribution in [3.8, 4) is 11.1 Å². The lowest BCUT2D eigenvalue weighted by Crippen LogP contribution is -2.50. The minimum Gasteiger partial charge on any atom is -0.368 e. The minimum absolute atomic E-state index is 0.0446. The normalized spacial score (nSPS) is 23.6. The summed E-state index contributed by atoms with van der Waals surface area (Å²) in [5.74, 6) is 0.223. The maximum Gasteiger partial charge on any atom is 0.234 e. The van der Waals surface area contributed by atoms with E-state index in [9.17, 15) is 9.59 Å². The van der Waals surface area contributed by atoms with Crippen LogP contribution in [0.15, 0.2) is 78.9 Å². The molecule has 0 saturated heterocycles. The Bertz CT molecular complexity index is 1470. The topological polar surface area (TPSA) is 100 Å². The molecule has 6 heteroatoms. The molecule has 6 nitrogen and oxygen atoms in total. The van der Waals surface area contributed by atoms with E-state index in [-0.39, 0.29) is 35.7 Å². The van der Waals surface area contributed by atoms with Crippen molar-refractivity contribution in [3.63, 3.8) is 0 Å². The third-order valence-corrected chi connectivity index (χ3v) is 8.96. The summed E-state index contributed by atoms with van der Waals surface area (Å²) in [6.07, 6.45) is 4.49. The number of aromatic nitrogens is 1. The zero-order valence-corrected chi connectivity index (χ0v) is 22.3. The van der Waals surface area contributed by atoms with Gasteiger partial charge < -0.3 is 16.0 Å². The van der Waals surface area contributed by atoms with Gasteiger partial charge in [-0.15, -0.1) is 0 Å². The molecule has 3 atom stereocenters. The highest BCUT2D eigenvalue weighted by Crippen LogP contribution is 2.45. The maximum atomic E-state index is 13.2. The smallest absolute Gasteiger partial charge is 0.234 e. The Kier molecular flexibility index (Phi) is 6.96. The van der Waals surface area contributed by atoms with E-state index >= 15 is 0 Å². The van der Waals surface area contributed by atoms with Crippen molar-refractivity contribution in [2.45, 2.75) is 50.1 Å². The fraction of sp³-hybridized carbons (Fsp3) is 0.333. The molecule has 0 spiro atoms. The number of primary amides is 1. The van der Waals surface area contributed by atoms with Crippen LogP contribution in [0.3, 0.4) is 0 Å². The highest BCUT2D eigenvalue weighted by Gasteiger charge is 2.40. The number of likely N-dealkylation sites (N-methyl/N-ethyl adjacent to an activating group) is 1. The van der Waals surface area contributed by atoms with Crippen LogP contribution in [0.4, 0.5) is 0 Å². The molecule has 2 aliphatic rings. The maximum absolute atomic E-state index is 13.2. The van der Waals surface area contributed by atoms with Gasteiger partial charge in [0, 0.05) is 23.6 Å². The summed E-state index contributed by atoms with van der Waals surface area (Å²) in [7, 11) is 1.73. The number of carbonyl (C=O) groups is 2. The molecular weight excluding hydrogens is 484 g/mol. The van der Waals surface area contributed by atoms with Crippen LogP contribution in [0.25, 0.3) is 22.0 Å². The van der Waals surface area contributed by atoms with E-state index in [2.05, 4.69) is 64.1 Å². The molecule has 1 saturated carbocycles. The average molecular weight is 521 g/mol. The number of hydrogen-bond acceptors (Lipinski definition) is 3. The van der Waals surface area contributed by atoms with Crippen LogP contribution >= 0.6 is 0 Å². The minimum atomic E-state index is -0.374. The molecule has 4 aromatic rings. The number of H-pyrrole nitrogens is 1. The van der Waals surface area contributed by atoms with Gasteiger partial charge in [0.2, 0.25) is 11.8 Å². The van der Waals surface area contributed by atoms with E-state index < -0.39 is 0 Å². The van der Waals surface area contributed by atoms with Gasteiger partial charge >= 0.3 is 0 Å². The number of carbonyl (C=O) groups excluding carboxylic acids is 2. The van der Waals surface area contributed by atoms with Gasteiger partial charge in [-0.1, -0.05) is 72.8 Å². The van der Waals surface area contributed by atoms with Crippen LogP contribution in [0.1, 0.15) is 54.5 Å². The second-order valence-corrected chi connectivity index (χ2v) is 11.1. The standard InChI is InChI=1S/C33H36N4O2/c1-35-33(39)29(22-13-11-21(12-14-22)20-7-3-2-4-8-20)23-15-17-24(18-16-23)30-31-26(19-28(37-30)32(34)38)25-9-5-6-10-27(25)36-31/h2-14,23-24,28-30,36-37H,15-19H2,1H3,(H2,34,38)(H,35,39). The van der Waals surface area contributed by atoms with Gasteiger partial charge in [-0.3, -0.25) is 14.9 Å². The molecule has 200 valence electrons. The Morgan fingerprint density at radius 2 is 1.54 bits per heavy atom. The quantitative estimate of drug-likeness (QED) is 0.281. The van der Waals surface area contributed by atoms with E-state index in [4.69, 9.17) is 5.73 Å². The van der Waals surface area contributed by atoms with Crippen LogP contribution in [0.5, 0.6) is 0 Å². The van der Waals surface area contributed by atoms with Crippen molar-refractivity contribution >= 4 is 22.7 Å². The van der Waals surface area contributed by atoms with E-state index in [1.807, 2.05) is 30.3 Å². The van der Waals surface area contributed by atoms with Crippen LogP contribution in [0.2, 0.25) is 0 Å². The Labute approximate surface area is 229 Å². The van der Waals surface area contributed by atoms with Crippen LogP contribution < -0.4 is 16.4 Å². The molecule has 5 N–H and O–H groups in total. The monoisotopic (exact) mass is 520 g/mol. The molecule has 2 heterocycles. The van der Waals surface area contributed by atoms with Gasteiger partial charge in [-0.05, 0) is 72.3 Å². The highest BCUT2D eigenvalue weighted by atomic mass is 16.2. The molecule has 2 amide bonds. The molecule has 1 fully saturated rings. The fourth-order valence-corrected chi connectivity index (χ4v) is 6.94. The van der Waals surface area contributed by atoms with Crippen LogP contribution in [0, 0.1) is 11.8 Å². The summed E-state index contributed by atoms with van der Waals surface area (Å²) in [4.78, 5) is 29.1. The first-order valence-corrected chi connectivity index (χ1v) is 14.0. The van der Waals surface area contributed by atoms with E-state index in [1.54, 1.807) is 7.05 Å². The summed E-state index contributed by atoms with van der Waals surface area (Å²) in [6, 6.07) is 26.8. The molecule has 1 aliphatic heterocycles. The molecule has 0 radical (unpaired) electrons. The molecule has 3 unspecified atom stereocenters. The van der Waals surface area contributed by atoms with Crippen LogP contribution in [-0.4, -0.2) is 29.9 Å². The Morgan fingerprint density at radius 1 is 0.872 bits per heavy atom. The summed E-state index contributed by atoms with van der Waals surface area (Å²) >= 11 is 0. The summed E-state index contributed by atoms with van der Waals surface area (Å²) in [5.41, 5.74) is 12.7. The number of nitrogens with two attached hydrogens (primary N) is 1. The van der Waals surface area contributed by atoms with Crippen molar-refractivity contribution in [2.24, 2.45) is 17.6 Å². The lowest BCUT2D eigenvalue weighted by molar-refractivity contribution is -0.124. The predicted octanol–water partition coefficient (Wildman–Crippen LogP) is 5.21. The van der Waals surface area contributed by atoms with Crippen molar-refractivity contribution < 1.29 is 9.59 Å². The second-order valence-electron chi connectivity index (χ2n) is 11.1. The Hall–Kier alpha value is -3.90. The fourth-order valence-electron chi connectivity index (χ4n) is 6.94. The van der Waals surface area contributed by atoms with Gasteiger partial charge in [0.1, 0.15) is 0 Å². The van der Waals surface area contributed by atoms with Crippen molar-refractivity contribution in [2.75, 3.05) is 7.05 Å². The number of aromatic amines is 1. The zero-order valence-electron chi connectivity index (χ0n) is 22.3. The third-order valence-electron chi connectivity index (χ3n) is 8.96. The molecule has 0 bridgehead atoms. The number of nitrogens with one attached hydrogen (secondary N) is 3. The number of benzene rings is 3. The van der Waals surface area contributed by atoms with Gasteiger partial charge in [-0.2, -0.15) is 0 Å². The number of fused-ring (bicyclic) bond motifs is 3. The third kappa shape index (κ3) is 4.85. The first-order valence-electron chi connectivity index (χ1n) is 14.0. The van der Waals surface area contributed by atoms with Gasteiger partial charge in [0.15, 0.2) is 0 Å². The zero-order chi connectivity index (χ0) is 26.9.